The fourth-order valence-electron chi connectivity index (χ4n) is 1.46. The molecule has 13 heavy (non-hydrogen) atoms. The monoisotopic (exact) mass is 183 g/mol. The summed E-state index contributed by atoms with van der Waals surface area (Å²) in [6.45, 7) is 5.06. The van der Waals surface area contributed by atoms with Gasteiger partial charge < -0.3 is 10.3 Å². The third kappa shape index (κ3) is 3.55. The molecule has 0 amide bonds. The number of hydrogen-bond acceptors (Lipinski definition) is 4. The van der Waals surface area contributed by atoms with Gasteiger partial charge in [-0.25, -0.2) is 0 Å². The van der Waals surface area contributed by atoms with Crippen LogP contribution in [0.1, 0.15) is 26.2 Å². The SMILES string of the molecule is CC(C)C[C@H](CN)Cc1ncno1. The van der Waals surface area contributed by atoms with Gasteiger partial charge >= 0.3 is 0 Å². The molecule has 1 rings (SSSR count). The second-order valence-corrected chi connectivity index (χ2v) is 3.77. The summed E-state index contributed by atoms with van der Waals surface area (Å²) in [6.07, 6.45) is 3.34. The van der Waals surface area contributed by atoms with E-state index in [2.05, 4.69) is 24.0 Å². The molecule has 1 heterocycles. The highest BCUT2D eigenvalue weighted by Gasteiger charge is 2.12. The van der Waals surface area contributed by atoms with Gasteiger partial charge in [0.1, 0.15) is 0 Å². The molecule has 4 heteroatoms. The van der Waals surface area contributed by atoms with Crippen LogP contribution in [-0.4, -0.2) is 16.7 Å². The number of hydrogen-bond donors (Lipinski definition) is 1. The minimum Gasteiger partial charge on any atom is -0.340 e. The van der Waals surface area contributed by atoms with Crippen LogP contribution in [0.25, 0.3) is 0 Å². The quantitative estimate of drug-likeness (QED) is 0.745. The highest BCUT2D eigenvalue weighted by atomic mass is 16.5. The van der Waals surface area contributed by atoms with E-state index in [0.717, 1.165) is 12.8 Å². The number of aromatic nitrogens is 2. The first kappa shape index (κ1) is 10.2. The zero-order chi connectivity index (χ0) is 9.68. The summed E-state index contributed by atoms with van der Waals surface area (Å²) in [5.41, 5.74) is 5.65. The van der Waals surface area contributed by atoms with Crippen LogP contribution in [0.2, 0.25) is 0 Å². The second kappa shape index (κ2) is 4.97. The Kier molecular flexibility index (Phi) is 3.89. The van der Waals surface area contributed by atoms with Crippen molar-refractivity contribution in [3.63, 3.8) is 0 Å². The summed E-state index contributed by atoms with van der Waals surface area (Å²) in [6, 6.07) is 0. The van der Waals surface area contributed by atoms with Crippen LogP contribution in [0.4, 0.5) is 0 Å². The van der Waals surface area contributed by atoms with E-state index >= 15 is 0 Å². The zero-order valence-electron chi connectivity index (χ0n) is 8.23. The first-order valence-electron chi connectivity index (χ1n) is 4.68. The Morgan fingerprint density at radius 1 is 1.54 bits per heavy atom. The van der Waals surface area contributed by atoms with Gasteiger partial charge in [0.2, 0.25) is 5.89 Å². The number of nitrogens with zero attached hydrogens (tertiary/aromatic N) is 2. The molecule has 0 bridgehead atoms. The summed E-state index contributed by atoms with van der Waals surface area (Å²) in [5.74, 6) is 1.81. The summed E-state index contributed by atoms with van der Waals surface area (Å²) in [5, 5.41) is 3.56. The molecular formula is C9H17N3O. The van der Waals surface area contributed by atoms with Gasteiger partial charge in [-0.2, -0.15) is 4.98 Å². The predicted octanol–water partition coefficient (Wildman–Crippen LogP) is 1.23. The van der Waals surface area contributed by atoms with Crippen LogP contribution in [0.15, 0.2) is 10.9 Å². The normalized spacial score (nSPS) is 13.5. The minimum absolute atomic E-state index is 0.459. The molecule has 0 aliphatic rings. The predicted molar refractivity (Wildman–Crippen MR) is 50.0 cm³/mol. The van der Waals surface area contributed by atoms with E-state index in [9.17, 15) is 0 Å². The smallest absolute Gasteiger partial charge is 0.226 e. The molecule has 1 aromatic rings. The van der Waals surface area contributed by atoms with E-state index < -0.39 is 0 Å². The molecule has 0 aliphatic heterocycles. The van der Waals surface area contributed by atoms with Gasteiger partial charge in [-0.1, -0.05) is 19.0 Å². The Morgan fingerprint density at radius 2 is 2.31 bits per heavy atom. The van der Waals surface area contributed by atoms with Crippen LogP contribution in [-0.2, 0) is 6.42 Å². The summed E-state index contributed by atoms with van der Waals surface area (Å²) >= 11 is 0. The summed E-state index contributed by atoms with van der Waals surface area (Å²) in [7, 11) is 0. The van der Waals surface area contributed by atoms with Crippen molar-refractivity contribution >= 4 is 0 Å². The maximum absolute atomic E-state index is 5.65. The van der Waals surface area contributed by atoms with Crippen molar-refractivity contribution < 1.29 is 4.52 Å². The van der Waals surface area contributed by atoms with Crippen molar-refractivity contribution in [1.29, 1.82) is 0 Å². The maximum atomic E-state index is 5.65. The fraction of sp³-hybridized carbons (Fsp3) is 0.778. The molecule has 0 saturated heterocycles. The van der Waals surface area contributed by atoms with Gasteiger partial charge in [0.05, 0.1) is 0 Å². The van der Waals surface area contributed by atoms with Crippen LogP contribution in [0.3, 0.4) is 0 Å². The Bertz CT molecular complexity index is 221. The van der Waals surface area contributed by atoms with Gasteiger partial charge in [-0.05, 0) is 24.8 Å². The Morgan fingerprint density at radius 3 is 2.77 bits per heavy atom. The van der Waals surface area contributed by atoms with Gasteiger partial charge in [0, 0.05) is 6.42 Å². The minimum atomic E-state index is 0.459. The number of nitrogens with two attached hydrogens (primary N) is 1. The van der Waals surface area contributed by atoms with Gasteiger partial charge in [0.15, 0.2) is 6.33 Å². The van der Waals surface area contributed by atoms with Crippen LogP contribution < -0.4 is 5.73 Å². The third-order valence-electron chi connectivity index (χ3n) is 2.01. The molecule has 0 saturated carbocycles. The Balaban J connectivity index is 2.40. The first-order valence-corrected chi connectivity index (χ1v) is 4.68. The van der Waals surface area contributed by atoms with Crippen molar-refractivity contribution in [3.8, 4) is 0 Å². The Labute approximate surface area is 78.5 Å². The second-order valence-electron chi connectivity index (χ2n) is 3.77. The lowest BCUT2D eigenvalue weighted by atomic mass is 9.94. The van der Waals surface area contributed by atoms with Gasteiger partial charge in [0.25, 0.3) is 0 Å². The van der Waals surface area contributed by atoms with Gasteiger partial charge in [-0.3, -0.25) is 0 Å². The molecule has 0 aliphatic carbocycles. The molecule has 1 aromatic heterocycles. The van der Waals surface area contributed by atoms with E-state index in [1.807, 2.05) is 0 Å². The van der Waals surface area contributed by atoms with Crippen molar-refractivity contribution in [2.45, 2.75) is 26.7 Å². The fourth-order valence-corrected chi connectivity index (χ4v) is 1.46. The first-order chi connectivity index (χ1) is 6.22. The van der Waals surface area contributed by atoms with Crippen molar-refractivity contribution in [1.82, 2.24) is 10.1 Å². The van der Waals surface area contributed by atoms with E-state index in [4.69, 9.17) is 10.3 Å². The lowest BCUT2D eigenvalue weighted by Gasteiger charge is -2.14. The molecule has 74 valence electrons. The van der Waals surface area contributed by atoms with Crippen LogP contribution in [0.5, 0.6) is 0 Å². The highest BCUT2D eigenvalue weighted by molar-refractivity contribution is 4.79. The van der Waals surface area contributed by atoms with Crippen LogP contribution in [0, 0.1) is 11.8 Å². The topological polar surface area (TPSA) is 64.9 Å². The lowest BCUT2D eigenvalue weighted by molar-refractivity contribution is 0.331. The van der Waals surface area contributed by atoms with Crippen molar-refractivity contribution in [2.24, 2.45) is 17.6 Å². The molecule has 0 unspecified atom stereocenters. The average Bonchev–Trinajstić information content (AvgIpc) is 2.55. The third-order valence-corrected chi connectivity index (χ3v) is 2.01. The maximum Gasteiger partial charge on any atom is 0.226 e. The van der Waals surface area contributed by atoms with Gasteiger partial charge in [-0.15, -0.1) is 0 Å². The zero-order valence-corrected chi connectivity index (χ0v) is 8.23. The average molecular weight is 183 g/mol. The standard InChI is InChI=1S/C9H17N3O/c1-7(2)3-8(5-10)4-9-11-6-12-13-9/h6-8H,3-5,10H2,1-2H3/t8-/m0/s1. The van der Waals surface area contributed by atoms with E-state index in [1.165, 1.54) is 6.33 Å². The van der Waals surface area contributed by atoms with Crippen LogP contribution >= 0.6 is 0 Å². The molecular weight excluding hydrogens is 166 g/mol. The number of rotatable bonds is 5. The summed E-state index contributed by atoms with van der Waals surface area (Å²) < 4.78 is 4.93. The Hall–Kier alpha value is -0.900. The molecule has 0 fully saturated rings. The molecule has 2 N–H and O–H groups in total. The van der Waals surface area contributed by atoms with E-state index in [-0.39, 0.29) is 0 Å². The highest BCUT2D eigenvalue weighted by Crippen LogP contribution is 2.14. The van der Waals surface area contributed by atoms with Crippen molar-refractivity contribution in [2.75, 3.05) is 6.54 Å². The largest absolute Gasteiger partial charge is 0.340 e. The molecule has 0 spiro atoms. The lowest BCUT2D eigenvalue weighted by Crippen LogP contribution is -2.18. The molecule has 0 aromatic carbocycles. The molecule has 4 nitrogen and oxygen atoms in total. The molecule has 1 atom stereocenters. The van der Waals surface area contributed by atoms with E-state index in [1.54, 1.807) is 0 Å². The summed E-state index contributed by atoms with van der Waals surface area (Å²) in [4.78, 5) is 3.98. The van der Waals surface area contributed by atoms with Crippen molar-refractivity contribution in [3.05, 3.63) is 12.2 Å². The van der Waals surface area contributed by atoms with E-state index in [0.29, 0.717) is 24.3 Å². The molecule has 0 radical (unpaired) electrons.